The van der Waals surface area contributed by atoms with Gasteiger partial charge in [-0.25, -0.2) is 0 Å². The van der Waals surface area contributed by atoms with Gasteiger partial charge in [-0.15, -0.1) is 0 Å². The molecule has 0 aliphatic carbocycles. The van der Waals surface area contributed by atoms with E-state index in [4.69, 9.17) is 4.74 Å². The highest BCUT2D eigenvalue weighted by Gasteiger charge is 2.18. The van der Waals surface area contributed by atoms with E-state index in [1.54, 1.807) is 0 Å². The Hall–Kier alpha value is -2.53. The summed E-state index contributed by atoms with van der Waals surface area (Å²) in [5.74, 6) is 0.918. The molecule has 2 aliphatic heterocycles. The first kappa shape index (κ1) is 17.9. The maximum absolute atomic E-state index is 11.4. The average Bonchev–Trinajstić information content (AvgIpc) is 3.05. The normalized spacial score (nSPS) is 16.9. The highest BCUT2D eigenvalue weighted by atomic mass is 16.5. The summed E-state index contributed by atoms with van der Waals surface area (Å²) >= 11 is 0. The highest BCUT2D eigenvalue weighted by molar-refractivity contribution is 5.99. The number of ether oxygens (including phenoxy) is 1. The molecule has 0 bridgehead atoms. The second-order valence-corrected chi connectivity index (χ2v) is 7.41. The lowest BCUT2D eigenvalue weighted by molar-refractivity contribution is -0.115. The molecule has 5 heteroatoms. The van der Waals surface area contributed by atoms with Crippen LogP contribution in [0.15, 0.2) is 42.5 Å². The Morgan fingerprint density at radius 1 is 1.07 bits per heavy atom. The maximum atomic E-state index is 11.4. The van der Waals surface area contributed by atoms with Crippen LogP contribution in [0.25, 0.3) is 0 Å². The van der Waals surface area contributed by atoms with Crippen LogP contribution in [0.2, 0.25) is 0 Å². The molecule has 2 heterocycles. The molecule has 0 spiro atoms. The van der Waals surface area contributed by atoms with Crippen molar-refractivity contribution in [2.24, 2.45) is 0 Å². The van der Waals surface area contributed by atoms with E-state index in [1.807, 2.05) is 18.2 Å². The fourth-order valence-corrected chi connectivity index (χ4v) is 3.83. The SMILES string of the molecule is Cc1cccc(N2CCN(CCCOc3ccc4c(c3)CC(=O)N4)CC2)c1. The summed E-state index contributed by atoms with van der Waals surface area (Å²) in [5.41, 5.74) is 4.60. The molecule has 0 radical (unpaired) electrons. The van der Waals surface area contributed by atoms with Gasteiger partial charge in [-0.3, -0.25) is 9.69 Å². The van der Waals surface area contributed by atoms with Gasteiger partial charge in [0.2, 0.25) is 5.91 Å². The molecule has 5 nitrogen and oxygen atoms in total. The van der Waals surface area contributed by atoms with Gasteiger partial charge in [-0.2, -0.15) is 0 Å². The van der Waals surface area contributed by atoms with Crippen LogP contribution in [0.3, 0.4) is 0 Å². The number of hydrogen-bond acceptors (Lipinski definition) is 4. The third-order valence-electron chi connectivity index (χ3n) is 5.33. The molecule has 1 N–H and O–H groups in total. The number of benzene rings is 2. The van der Waals surface area contributed by atoms with Crippen molar-refractivity contribution >= 4 is 17.3 Å². The van der Waals surface area contributed by atoms with E-state index in [0.717, 1.165) is 56.1 Å². The highest BCUT2D eigenvalue weighted by Crippen LogP contribution is 2.27. The van der Waals surface area contributed by atoms with Crippen molar-refractivity contribution in [1.29, 1.82) is 0 Å². The largest absolute Gasteiger partial charge is 0.494 e. The minimum absolute atomic E-state index is 0.0620. The molecule has 0 saturated carbocycles. The van der Waals surface area contributed by atoms with Crippen LogP contribution in [0.4, 0.5) is 11.4 Å². The number of nitrogens with zero attached hydrogens (tertiary/aromatic N) is 2. The Kier molecular flexibility index (Phi) is 5.30. The number of amides is 1. The summed E-state index contributed by atoms with van der Waals surface area (Å²) in [6, 6.07) is 14.6. The van der Waals surface area contributed by atoms with Gasteiger partial charge in [0.25, 0.3) is 0 Å². The average molecular weight is 365 g/mol. The molecule has 142 valence electrons. The zero-order chi connectivity index (χ0) is 18.6. The third-order valence-corrected chi connectivity index (χ3v) is 5.33. The third kappa shape index (κ3) is 4.42. The van der Waals surface area contributed by atoms with Crippen molar-refractivity contribution in [1.82, 2.24) is 4.90 Å². The summed E-state index contributed by atoms with van der Waals surface area (Å²) in [6.07, 6.45) is 1.47. The number of rotatable bonds is 6. The maximum Gasteiger partial charge on any atom is 0.228 e. The van der Waals surface area contributed by atoms with E-state index < -0.39 is 0 Å². The Morgan fingerprint density at radius 3 is 2.74 bits per heavy atom. The summed E-state index contributed by atoms with van der Waals surface area (Å²) in [4.78, 5) is 16.4. The molecule has 4 rings (SSSR count). The lowest BCUT2D eigenvalue weighted by Crippen LogP contribution is -2.46. The standard InChI is InChI=1S/C22H27N3O2/c1-17-4-2-5-19(14-17)25-11-9-24(10-12-25)8-3-13-27-20-6-7-21-18(15-20)16-22(26)23-21/h2,4-7,14-15H,3,8-13,16H2,1H3,(H,23,26). The minimum Gasteiger partial charge on any atom is -0.494 e. The molecular weight excluding hydrogens is 338 g/mol. The van der Waals surface area contributed by atoms with Crippen LogP contribution in [0.1, 0.15) is 17.5 Å². The number of nitrogens with one attached hydrogen (secondary N) is 1. The summed E-state index contributed by atoms with van der Waals surface area (Å²) in [6.45, 7) is 8.27. The van der Waals surface area contributed by atoms with Gasteiger partial charge in [-0.1, -0.05) is 12.1 Å². The number of carbonyl (C=O) groups is 1. The molecule has 1 fully saturated rings. The number of fused-ring (bicyclic) bond motifs is 1. The predicted molar refractivity (Wildman–Crippen MR) is 109 cm³/mol. The molecule has 27 heavy (non-hydrogen) atoms. The molecule has 2 aromatic rings. The van der Waals surface area contributed by atoms with Crippen LogP contribution in [0.5, 0.6) is 5.75 Å². The molecule has 1 saturated heterocycles. The van der Waals surface area contributed by atoms with E-state index in [-0.39, 0.29) is 5.91 Å². The van der Waals surface area contributed by atoms with Crippen molar-refractivity contribution < 1.29 is 9.53 Å². The Bertz CT molecular complexity index is 813. The summed E-state index contributed by atoms with van der Waals surface area (Å²) in [7, 11) is 0. The first-order valence-electron chi connectivity index (χ1n) is 9.77. The fourth-order valence-electron chi connectivity index (χ4n) is 3.83. The van der Waals surface area contributed by atoms with Gasteiger partial charge < -0.3 is 15.0 Å². The van der Waals surface area contributed by atoms with Crippen molar-refractivity contribution in [3.05, 3.63) is 53.6 Å². The minimum atomic E-state index is 0.0620. The molecule has 0 aromatic heterocycles. The lowest BCUT2D eigenvalue weighted by Gasteiger charge is -2.36. The molecular formula is C22H27N3O2. The number of aryl methyl sites for hydroxylation is 1. The molecule has 2 aromatic carbocycles. The van der Waals surface area contributed by atoms with Crippen LogP contribution < -0.4 is 15.0 Å². The second-order valence-electron chi connectivity index (χ2n) is 7.41. The van der Waals surface area contributed by atoms with E-state index in [2.05, 4.69) is 46.3 Å². The smallest absolute Gasteiger partial charge is 0.228 e. The fraction of sp³-hybridized carbons (Fsp3) is 0.409. The molecule has 1 amide bonds. The lowest BCUT2D eigenvalue weighted by atomic mass is 10.1. The number of piperazine rings is 1. The van der Waals surface area contributed by atoms with Crippen LogP contribution in [-0.4, -0.2) is 50.1 Å². The Balaban J connectivity index is 1.18. The Morgan fingerprint density at radius 2 is 1.93 bits per heavy atom. The van der Waals surface area contributed by atoms with Gasteiger partial charge in [0.15, 0.2) is 0 Å². The zero-order valence-corrected chi connectivity index (χ0v) is 15.9. The van der Waals surface area contributed by atoms with Crippen molar-refractivity contribution in [3.63, 3.8) is 0 Å². The summed E-state index contributed by atoms with van der Waals surface area (Å²) in [5, 5.41) is 2.85. The van der Waals surface area contributed by atoms with Gasteiger partial charge in [-0.05, 0) is 54.8 Å². The number of anilines is 2. The number of carbonyl (C=O) groups excluding carboxylic acids is 1. The van der Waals surface area contributed by atoms with Crippen LogP contribution in [-0.2, 0) is 11.2 Å². The first-order valence-corrected chi connectivity index (χ1v) is 9.77. The van der Waals surface area contributed by atoms with Gasteiger partial charge in [0.1, 0.15) is 5.75 Å². The van der Waals surface area contributed by atoms with E-state index in [1.165, 1.54) is 11.3 Å². The van der Waals surface area contributed by atoms with Crippen LogP contribution >= 0.6 is 0 Å². The molecule has 0 atom stereocenters. The van der Waals surface area contributed by atoms with Crippen molar-refractivity contribution in [3.8, 4) is 5.75 Å². The number of hydrogen-bond donors (Lipinski definition) is 1. The van der Waals surface area contributed by atoms with Crippen molar-refractivity contribution in [2.75, 3.05) is 49.5 Å². The van der Waals surface area contributed by atoms with E-state index in [0.29, 0.717) is 13.0 Å². The van der Waals surface area contributed by atoms with Crippen molar-refractivity contribution in [2.45, 2.75) is 19.8 Å². The molecule has 2 aliphatic rings. The monoisotopic (exact) mass is 365 g/mol. The van der Waals surface area contributed by atoms with Crippen LogP contribution in [0, 0.1) is 6.92 Å². The van der Waals surface area contributed by atoms with Gasteiger partial charge >= 0.3 is 0 Å². The Labute approximate surface area is 160 Å². The predicted octanol–water partition coefficient (Wildman–Crippen LogP) is 3.08. The van der Waals surface area contributed by atoms with E-state index >= 15 is 0 Å². The zero-order valence-electron chi connectivity index (χ0n) is 15.9. The van der Waals surface area contributed by atoms with Gasteiger partial charge in [0, 0.05) is 44.1 Å². The van der Waals surface area contributed by atoms with E-state index in [9.17, 15) is 4.79 Å². The van der Waals surface area contributed by atoms with Gasteiger partial charge in [0.05, 0.1) is 13.0 Å². The molecule has 0 unspecified atom stereocenters. The first-order chi connectivity index (χ1) is 13.2. The quantitative estimate of drug-likeness (QED) is 0.799. The topological polar surface area (TPSA) is 44.8 Å². The summed E-state index contributed by atoms with van der Waals surface area (Å²) < 4.78 is 5.89. The second kappa shape index (κ2) is 8.01.